The summed E-state index contributed by atoms with van der Waals surface area (Å²) in [5, 5.41) is 1.01. The van der Waals surface area contributed by atoms with Crippen LogP contribution in [-0.2, 0) is 0 Å². The van der Waals surface area contributed by atoms with E-state index in [9.17, 15) is 0 Å². The molecule has 2 unspecified atom stereocenters. The lowest BCUT2D eigenvalue weighted by Crippen LogP contribution is -2.17. The summed E-state index contributed by atoms with van der Waals surface area (Å²) in [4.78, 5) is 15.6. The lowest BCUT2D eigenvalue weighted by molar-refractivity contribution is 0.269. The van der Waals surface area contributed by atoms with Crippen molar-refractivity contribution in [3.05, 3.63) is 187 Å². The number of hydrogen-bond donors (Lipinski definition) is 0. The molecule has 6 aromatic carbocycles. The van der Waals surface area contributed by atoms with Crippen molar-refractivity contribution in [1.82, 2.24) is 15.0 Å². The summed E-state index contributed by atoms with van der Waals surface area (Å²) in [7, 11) is 0. The second kappa shape index (κ2) is 12.7. The van der Waals surface area contributed by atoms with Gasteiger partial charge in [-0.25, -0.2) is 15.0 Å². The predicted octanol–water partition coefficient (Wildman–Crippen LogP) is 11.9. The maximum absolute atomic E-state index is 6.56. The second-order valence-electron chi connectivity index (χ2n) is 13.1. The summed E-state index contributed by atoms with van der Waals surface area (Å²) in [5.74, 6) is 1.55. The second-order valence-corrected chi connectivity index (χ2v) is 14.2. The van der Waals surface area contributed by atoms with Crippen molar-refractivity contribution in [3.8, 4) is 61.9 Å². The van der Waals surface area contributed by atoms with E-state index < -0.39 is 0 Å². The van der Waals surface area contributed by atoms with Crippen molar-refractivity contribution in [3.63, 3.8) is 0 Å². The fraction of sp³-hybridized carbons (Fsp3) is 0.0426. The number of fused-ring (bicyclic) bond motifs is 4. The van der Waals surface area contributed by atoms with Gasteiger partial charge in [-0.15, -0.1) is 11.3 Å². The number of para-hydroxylation sites is 1. The van der Waals surface area contributed by atoms with Crippen molar-refractivity contribution in [2.24, 2.45) is 0 Å². The zero-order valence-corrected chi connectivity index (χ0v) is 28.9. The van der Waals surface area contributed by atoms with Crippen LogP contribution in [0.2, 0.25) is 0 Å². The zero-order valence-electron chi connectivity index (χ0n) is 28.1. The highest BCUT2D eigenvalue weighted by Gasteiger charge is 2.36. The molecular weight excluding hydrogens is 655 g/mol. The number of nitrogens with zero attached hydrogens (tertiary/aromatic N) is 3. The Morgan fingerprint density at radius 2 is 1.15 bits per heavy atom. The van der Waals surface area contributed by atoms with Gasteiger partial charge in [-0.1, -0.05) is 140 Å². The molecule has 0 fully saturated rings. The van der Waals surface area contributed by atoms with E-state index in [1.165, 1.54) is 21.4 Å². The first-order valence-electron chi connectivity index (χ1n) is 17.5. The molecule has 0 amide bonds. The van der Waals surface area contributed by atoms with Crippen LogP contribution in [0.3, 0.4) is 0 Å². The molecule has 1 aliphatic heterocycles. The topological polar surface area (TPSA) is 47.9 Å². The van der Waals surface area contributed by atoms with Crippen LogP contribution in [0.15, 0.2) is 176 Å². The molecule has 1 aliphatic carbocycles. The first-order valence-corrected chi connectivity index (χ1v) is 18.3. The van der Waals surface area contributed by atoms with Crippen LogP contribution in [-0.4, -0.2) is 21.1 Å². The minimum Gasteiger partial charge on any atom is -0.485 e. The standard InChI is InChI=1S/C47H31N3OS/c1-3-11-30(12-4-1)32-21-23-33(24-22-32)40-29-41(35-16-9-15-34(27-35)31-13-5-2-6-14-31)49-46(48-40)37-17-10-19-43-45(37)38-28-36(25-26-42(38)51-43)47-50-39-18-7-8-20-44(39)52-47/h1-29,38,42H. The highest BCUT2D eigenvalue weighted by Crippen LogP contribution is 2.48. The van der Waals surface area contributed by atoms with Gasteiger partial charge in [-0.05, 0) is 58.7 Å². The van der Waals surface area contributed by atoms with E-state index in [4.69, 9.17) is 19.7 Å². The van der Waals surface area contributed by atoms with E-state index in [1.807, 2.05) is 24.3 Å². The smallest absolute Gasteiger partial charge is 0.160 e. The van der Waals surface area contributed by atoms with Crippen molar-refractivity contribution >= 4 is 27.1 Å². The Hall–Kier alpha value is -6.43. The number of ether oxygens (including phenoxy) is 1. The molecule has 8 aromatic rings. The number of aromatic nitrogens is 3. The van der Waals surface area contributed by atoms with Gasteiger partial charge in [0.25, 0.3) is 0 Å². The molecule has 0 spiro atoms. The summed E-state index contributed by atoms with van der Waals surface area (Å²) in [6.07, 6.45) is 6.53. The van der Waals surface area contributed by atoms with Gasteiger partial charge in [0.15, 0.2) is 5.82 Å². The van der Waals surface area contributed by atoms with Gasteiger partial charge in [0.2, 0.25) is 0 Å². The largest absolute Gasteiger partial charge is 0.485 e. The van der Waals surface area contributed by atoms with Gasteiger partial charge < -0.3 is 4.74 Å². The fourth-order valence-corrected chi connectivity index (χ4v) is 8.28. The highest BCUT2D eigenvalue weighted by atomic mass is 32.1. The van der Waals surface area contributed by atoms with E-state index in [2.05, 4.69) is 152 Å². The Balaban J connectivity index is 1.10. The normalized spacial score (nSPS) is 15.9. The zero-order chi connectivity index (χ0) is 34.4. The molecule has 2 aliphatic rings. The molecule has 52 heavy (non-hydrogen) atoms. The summed E-state index contributed by atoms with van der Waals surface area (Å²) in [6, 6.07) is 54.9. The Morgan fingerprint density at radius 1 is 0.519 bits per heavy atom. The molecule has 0 radical (unpaired) electrons. The van der Waals surface area contributed by atoms with Gasteiger partial charge in [-0.3, -0.25) is 0 Å². The molecule has 0 bridgehead atoms. The number of benzene rings is 6. The Labute approximate surface area is 306 Å². The van der Waals surface area contributed by atoms with E-state index in [1.54, 1.807) is 11.3 Å². The third-order valence-corrected chi connectivity index (χ3v) is 11.0. The lowest BCUT2D eigenvalue weighted by Gasteiger charge is -2.19. The van der Waals surface area contributed by atoms with E-state index >= 15 is 0 Å². The van der Waals surface area contributed by atoms with Crippen molar-refractivity contribution in [1.29, 1.82) is 0 Å². The van der Waals surface area contributed by atoms with Crippen LogP contribution in [0.1, 0.15) is 16.5 Å². The van der Waals surface area contributed by atoms with Gasteiger partial charge in [-0.2, -0.15) is 0 Å². The van der Waals surface area contributed by atoms with Gasteiger partial charge in [0.05, 0.1) is 21.6 Å². The third kappa shape index (κ3) is 5.52. The number of hydrogen-bond acceptors (Lipinski definition) is 5. The van der Waals surface area contributed by atoms with Crippen LogP contribution in [0, 0.1) is 0 Å². The summed E-state index contributed by atoms with van der Waals surface area (Å²) in [5.41, 5.74) is 12.7. The minimum atomic E-state index is -0.106. The molecule has 10 rings (SSSR count). The monoisotopic (exact) mass is 685 g/mol. The molecule has 0 N–H and O–H groups in total. The van der Waals surface area contributed by atoms with Crippen LogP contribution < -0.4 is 4.74 Å². The maximum Gasteiger partial charge on any atom is 0.160 e. The Bertz CT molecular complexity index is 2630. The lowest BCUT2D eigenvalue weighted by atomic mass is 9.86. The molecular formula is C47H31N3OS. The Morgan fingerprint density at radius 3 is 1.94 bits per heavy atom. The van der Waals surface area contributed by atoms with Crippen LogP contribution in [0.25, 0.3) is 71.9 Å². The SMILES string of the molecule is C1=CC2Oc3cccc(-c4nc(-c5ccc(-c6ccccc6)cc5)cc(-c5cccc(-c6ccccc6)c5)n4)c3C2C=C1c1nc2ccccc2s1. The molecule has 0 saturated carbocycles. The number of allylic oxidation sites excluding steroid dienone is 2. The molecule has 2 aromatic heterocycles. The van der Waals surface area contributed by atoms with Crippen LogP contribution in [0.4, 0.5) is 0 Å². The van der Waals surface area contributed by atoms with Crippen molar-refractivity contribution in [2.75, 3.05) is 0 Å². The summed E-state index contributed by atoms with van der Waals surface area (Å²) >= 11 is 1.72. The first kappa shape index (κ1) is 30.4. The molecule has 2 atom stereocenters. The van der Waals surface area contributed by atoms with E-state index in [0.717, 1.165) is 61.1 Å². The number of rotatable bonds is 6. The predicted molar refractivity (Wildman–Crippen MR) is 213 cm³/mol. The fourth-order valence-electron chi connectivity index (χ4n) is 7.31. The van der Waals surface area contributed by atoms with Crippen LogP contribution in [0.5, 0.6) is 5.75 Å². The molecule has 246 valence electrons. The highest BCUT2D eigenvalue weighted by molar-refractivity contribution is 7.19. The average molecular weight is 686 g/mol. The quantitative estimate of drug-likeness (QED) is 0.175. The molecule has 5 heteroatoms. The summed E-state index contributed by atoms with van der Waals surface area (Å²) < 4.78 is 7.75. The van der Waals surface area contributed by atoms with Crippen molar-refractivity contribution < 1.29 is 4.74 Å². The summed E-state index contributed by atoms with van der Waals surface area (Å²) in [6.45, 7) is 0. The average Bonchev–Trinajstić information content (AvgIpc) is 3.83. The maximum atomic E-state index is 6.56. The Kier molecular flexibility index (Phi) is 7.43. The van der Waals surface area contributed by atoms with Gasteiger partial charge in [0.1, 0.15) is 16.9 Å². The first-order chi connectivity index (χ1) is 25.7. The third-order valence-electron chi connectivity index (χ3n) is 9.90. The molecule has 4 nitrogen and oxygen atoms in total. The number of thiazole rings is 1. The van der Waals surface area contributed by atoms with Gasteiger partial charge >= 0.3 is 0 Å². The molecule has 3 heterocycles. The van der Waals surface area contributed by atoms with Crippen molar-refractivity contribution in [2.45, 2.75) is 12.0 Å². The molecule has 0 saturated heterocycles. The van der Waals surface area contributed by atoms with Gasteiger partial charge in [0, 0.05) is 33.7 Å². The van der Waals surface area contributed by atoms with Crippen LogP contribution >= 0.6 is 11.3 Å². The minimum absolute atomic E-state index is 0.000447. The van der Waals surface area contributed by atoms with E-state index in [-0.39, 0.29) is 12.0 Å². The van der Waals surface area contributed by atoms with E-state index in [0.29, 0.717) is 5.82 Å².